The van der Waals surface area contributed by atoms with Gasteiger partial charge >= 0.3 is 0 Å². The smallest absolute Gasteiger partial charge is 0.00695 e. The highest BCUT2D eigenvalue weighted by molar-refractivity contribution is 7.98. The van der Waals surface area contributed by atoms with E-state index in [9.17, 15) is 0 Å². The van der Waals surface area contributed by atoms with Crippen molar-refractivity contribution in [3.05, 3.63) is 143 Å². The molecule has 0 amide bonds. The largest absolute Gasteiger partial charge is 0.130 e. The van der Waals surface area contributed by atoms with Crippen LogP contribution in [0.4, 0.5) is 0 Å². The van der Waals surface area contributed by atoms with Gasteiger partial charge in [-0.2, -0.15) is 0 Å². The van der Waals surface area contributed by atoms with E-state index >= 15 is 0 Å². The predicted molar refractivity (Wildman–Crippen MR) is 177 cm³/mol. The van der Waals surface area contributed by atoms with Crippen LogP contribution in [0.2, 0.25) is 0 Å². The molecule has 0 spiro atoms. The molecule has 0 heterocycles. The van der Waals surface area contributed by atoms with Gasteiger partial charge in [-0.25, -0.2) is 0 Å². The van der Waals surface area contributed by atoms with Crippen LogP contribution in [0, 0.1) is 0 Å². The van der Waals surface area contributed by atoms with Crippen LogP contribution in [-0.2, 0) is 0 Å². The summed E-state index contributed by atoms with van der Waals surface area (Å²) in [6.07, 6.45) is 32.5. The Labute approximate surface area is 240 Å². The van der Waals surface area contributed by atoms with Gasteiger partial charge in [0.2, 0.25) is 0 Å². The van der Waals surface area contributed by atoms with Gasteiger partial charge < -0.3 is 0 Å². The Hall–Kier alpha value is -2.94. The maximum absolute atomic E-state index is 2.30. The number of benzene rings is 2. The first-order valence-electron chi connectivity index (χ1n) is 13.1. The molecule has 0 unspecified atom stereocenters. The highest BCUT2D eigenvalue weighted by atomic mass is 32.2. The molecule has 0 aliphatic heterocycles. The number of hydrogen-bond donors (Lipinski definition) is 0. The minimum absolute atomic E-state index is 1.04. The summed E-state index contributed by atoms with van der Waals surface area (Å²) < 4.78 is 0. The van der Waals surface area contributed by atoms with Crippen molar-refractivity contribution in [3.63, 3.8) is 0 Å². The Balaban J connectivity index is 1.75. The number of rotatable bonds is 13. The van der Waals surface area contributed by atoms with Gasteiger partial charge in [-0.05, 0) is 88.4 Å². The Kier molecular flexibility index (Phi) is 15.1. The zero-order chi connectivity index (χ0) is 27.6. The monoisotopic (exact) mass is 538 g/mol. The van der Waals surface area contributed by atoms with E-state index in [4.69, 9.17) is 0 Å². The molecule has 0 bridgehead atoms. The average molecular weight is 539 g/mol. The third kappa shape index (κ3) is 13.6. The first kappa shape index (κ1) is 31.3. The van der Waals surface area contributed by atoms with Gasteiger partial charge in [0.25, 0.3) is 0 Å². The summed E-state index contributed by atoms with van der Waals surface area (Å²) in [5, 5.41) is 0. The zero-order valence-electron chi connectivity index (χ0n) is 23.8. The summed E-state index contributed by atoms with van der Waals surface area (Å²) in [6.45, 7) is 8.60. The summed E-state index contributed by atoms with van der Waals surface area (Å²) in [6, 6.07) is 17.3. The Morgan fingerprint density at radius 2 is 0.895 bits per heavy atom. The molecule has 0 N–H and O–H groups in total. The average Bonchev–Trinajstić information content (AvgIpc) is 2.93. The molecule has 0 atom stereocenters. The van der Waals surface area contributed by atoms with Crippen LogP contribution in [0.15, 0.2) is 141 Å². The topological polar surface area (TPSA) is 0 Å². The second-order valence-corrected chi connectivity index (χ2v) is 11.0. The van der Waals surface area contributed by atoms with Gasteiger partial charge in [0.05, 0.1) is 0 Å². The van der Waals surface area contributed by atoms with E-state index in [1.807, 2.05) is 0 Å². The number of hydrogen-bond acceptors (Lipinski definition) is 2. The normalized spacial score (nSPS) is 14.2. The Morgan fingerprint density at radius 3 is 1.24 bits per heavy atom. The molecule has 2 aromatic rings. The van der Waals surface area contributed by atoms with Crippen LogP contribution in [0.1, 0.15) is 51.7 Å². The van der Waals surface area contributed by atoms with E-state index in [0.717, 1.165) is 12.8 Å². The second-order valence-electron chi connectivity index (χ2n) is 9.23. The van der Waals surface area contributed by atoms with Gasteiger partial charge in [0.15, 0.2) is 0 Å². The van der Waals surface area contributed by atoms with E-state index < -0.39 is 0 Å². The summed E-state index contributed by atoms with van der Waals surface area (Å²) in [5.41, 5.74) is 7.51. The minimum atomic E-state index is 1.04. The van der Waals surface area contributed by atoms with E-state index in [-0.39, 0.29) is 0 Å². The number of thioether (sulfide) groups is 2. The van der Waals surface area contributed by atoms with Crippen LogP contribution in [0.5, 0.6) is 0 Å². The fourth-order valence-electron chi connectivity index (χ4n) is 3.46. The van der Waals surface area contributed by atoms with Crippen LogP contribution in [0.25, 0.3) is 12.2 Å². The lowest BCUT2D eigenvalue weighted by atomic mass is 10.1. The molecule has 198 valence electrons. The van der Waals surface area contributed by atoms with Crippen molar-refractivity contribution in [2.24, 2.45) is 0 Å². The maximum atomic E-state index is 2.30. The van der Waals surface area contributed by atoms with Gasteiger partial charge in [0, 0.05) is 9.79 Å². The molecule has 0 radical (unpaired) electrons. The Morgan fingerprint density at radius 1 is 0.526 bits per heavy atom. The molecule has 2 rings (SSSR count). The molecule has 2 heteroatoms. The highest BCUT2D eigenvalue weighted by Gasteiger charge is 1.91. The summed E-state index contributed by atoms with van der Waals surface area (Å²) >= 11 is 3.54. The Bertz CT molecular complexity index is 1130. The molecule has 0 aromatic heterocycles. The fraction of sp³-hybridized carbons (Fsp3) is 0.222. The molecule has 0 aliphatic rings. The summed E-state index contributed by atoms with van der Waals surface area (Å²) in [4.78, 5) is 2.59. The van der Waals surface area contributed by atoms with Gasteiger partial charge in [0.1, 0.15) is 0 Å². The van der Waals surface area contributed by atoms with Crippen LogP contribution >= 0.6 is 23.5 Å². The molecular weight excluding hydrogens is 497 g/mol. The quantitative estimate of drug-likeness (QED) is 0.141. The van der Waals surface area contributed by atoms with Crippen molar-refractivity contribution in [1.82, 2.24) is 0 Å². The number of unbranched alkanes of at least 4 members (excludes halogenated alkanes) is 1. The second kappa shape index (κ2) is 18.3. The maximum Gasteiger partial charge on any atom is 0.00695 e. The third-order valence-electron chi connectivity index (χ3n) is 5.84. The minimum Gasteiger partial charge on any atom is -0.130 e. The van der Waals surface area contributed by atoms with Crippen molar-refractivity contribution in [1.29, 1.82) is 0 Å². The molecule has 0 nitrogen and oxygen atoms in total. The molecule has 2 aromatic carbocycles. The van der Waals surface area contributed by atoms with E-state index in [0.29, 0.717) is 0 Å². The predicted octanol–water partition coefficient (Wildman–Crippen LogP) is 11.5. The van der Waals surface area contributed by atoms with Gasteiger partial charge in [-0.3, -0.25) is 0 Å². The van der Waals surface area contributed by atoms with E-state index in [1.165, 1.54) is 43.2 Å². The van der Waals surface area contributed by atoms with Crippen LogP contribution in [-0.4, -0.2) is 12.5 Å². The molecule has 38 heavy (non-hydrogen) atoms. The van der Waals surface area contributed by atoms with E-state index in [1.54, 1.807) is 23.5 Å². The van der Waals surface area contributed by atoms with Crippen LogP contribution in [0.3, 0.4) is 0 Å². The van der Waals surface area contributed by atoms with Crippen molar-refractivity contribution in [2.75, 3.05) is 12.5 Å². The van der Waals surface area contributed by atoms with Crippen LogP contribution < -0.4 is 0 Å². The van der Waals surface area contributed by atoms with Crippen molar-refractivity contribution in [3.8, 4) is 0 Å². The third-order valence-corrected chi connectivity index (χ3v) is 7.33. The van der Waals surface area contributed by atoms with E-state index in [2.05, 4.69) is 162 Å². The van der Waals surface area contributed by atoms with Gasteiger partial charge in [-0.1, -0.05) is 119 Å². The summed E-state index contributed by atoms with van der Waals surface area (Å²) in [5.74, 6) is 0. The molecule has 0 aliphatic carbocycles. The number of allylic oxidation sites excluding steroid dienone is 14. The first-order chi connectivity index (χ1) is 18.4. The van der Waals surface area contributed by atoms with Crippen molar-refractivity contribution >= 4 is 35.7 Å². The molecule has 0 saturated carbocycles. The van der Waals surface area contributed by atoms with Crippen molar-refractivity contribution < 1.29 is 0 Å². The highest BCUT2D eigenvalue weighted by Crippen LogP contribution is 2.17. The molecular formula is C36H42S2. The lowest BCUT2D eigenvalue weighted by Gasteiger charge is -1.97. The zero-order valence-corrected chi connectivity index (χ0v) is 25.4. The summed E-state index contributed by atoms with van der Waals surface area (Å²) in [7, 11) is 0. The lowest BCUT2D eigenvalue weighted by Crippen LogP contribution is -1.75. The lowest BCUT2D eigenvalue weighted by molar-refractivity contribution is 1.03. The molecule has 0 saturated heterocycles. The standard InChI is InChI=1S/C36H42S2/c1-29(13-9-15-31(3)17-19-33-21-25-35(37-5)26-22-33)11-7-8-12-30(2)14-10-16-32(4)18-20-34-23-27-36(38-6)28-24-34/h9-28H,7-8H2,1-6H3/b13-9+,14-10+,19-17+,20-18+,29-11+,30-12+,31-15+,32-16+. The fourth-order valence-corrected chi connectivity index (χ4v) is 4.27. The van der Waals surface area contributed by atoms with Gasteiger partial charge in [-0.15, -0.1) is 23.5 Å². The van der Waals surface area contributed by atoms with Crippen molar-refractivity contribution in [2.45, 2.75) is 50.3 Å². The molecule has 0 fully saturated rings. The first-order valence-corrected chi connectivity index (χ1v) is 15.5. The SMILES string of the molecule is CSc1ccc(/C=C/C(C)=C/C=C/C(C)=C/CC/C=C(C)/C=C/C=C(C)/C=C/c2ccc(SC)cc2)cc1.